The van der Waals surface area contributed by atoms with E-state index in [9.17, 15) is 9.59 Å². The Balaban J connectivity index is 1.52. The van der Waals surface area contributed by atoms with Gasteiger partial charge in [-0.3, -0.25) is 9.59 Å². The van der Waals surface area contributed by atoms with Crippen molar-refractivity contribution in [3.05, 3.63) is 68.5 Å². The van der Waals surface area contributed by atoms with Gasteiger partial charge in [-0.25, -0.2) is 0 Å². The minimum atomic E-state index is -0.287. The maximum absolute atomic E-state index is 12.3. The van der Waals surface area contributed by atoms with Crippen LogP contribution >= 0.6 is 46.0 Å². The molecule has 0 radical (unpaired) electrons. The van der Waals surface area contributed by atoms with Crippen molar-refractivity contribution in [2.24, 2.45) is 7.05 Å². The van der Waals surface area contributed by atoms with Crippen molar-refractivity contribution in [2.75, 3.05) is 11.1 Å². The van der Waals surface area contributed by atoms with Crippen LogP contribution in [-0.2, 0) is 18.4 Å². The number of carbonyl (C=O) groups is 2. The lowest BCUT2D eigenvalue weighted by atomic mass is 10.2. The second kappa shape index (κ2) is 10.1. The number of nitrogens with one attached hydrogen (secondary N) is 2. The molecule has 0 aliphatic rings. The Bertz CT molecular complexity index is 1030. The van der Waals surface area contributed by atoms with E-state index in [0.29, 0.717) is 21.6 Å². The average molecular weight is 542 g/mol. The van der Waals surface area contributed by atoms with Crippen molar-refractivity contribution in [1.29, 1.82) is 0 Å². The number of aromatic nitrogens is 3. The summed E-state index contributed by atoms with van der Waals surface area (Å²) >= 11 is 9.52. The van der Waals surface area contributed by atoms with Crippen LogP contribution in [0.15, 0.2) is 53.7 Å². The molecule has 0 aliphatic heterocycles. The van der Waals surface area contributed by atoms with Crippen molar-refractivity contribution < 1.29 is 9.59 Å². The number of benzene rings is 2. The van der Waals surface area contributed by atoms with Gasteiger partial charge in [0, 0.05) is 16.3 Å². The maximum atomic E-state index is 12.3. The molecule has 0 unspecified atom stereocenters. The highest BCUT2D eigenvalue weighted by atomic mass is 127. The quantitative estimate of drug-likeness (QED) is 0.352. The molecule has 10 heteroatoms. The molecular weight excluding hydrogens is 525 g/mol. The van der Waals surface area contributed by atoms with E-state index in [1.807, 2.05) is 24.3 Å². The van der Waals surface area contributed by atoms with Crippen LogP contribution in [0.5, 0.6) is 0 Å². The molecule has 29 heavy (non-hydrogen) atoms. The zero-order chi connectivity index (χ0) is 20.8. The van der Waals surface area contributed by atoms with Gasteiger partial charge in [-0.2, -0.15) is 0 Å². The fourth-order valence-corrected chi connectivity index (χ4v) is 3.70. The molecular formula is C19H17ClIN5O2S. The van der Waals surface area contributed by atoms with Crippen LogP contribution in [0.3, 0.4) is 0 Å². The summed E-state index contributed by atoms with van der Waals surface area (Å²) in [5, 5.41) is 14.8. The normalized spacial score (nSPS) is 10.6. The average Bonchev–Trinajstić information content (AvgIpc) is 3.06. The lowest BCUT2D eigenvalue weighted by Crippen LogP contribution is -2.24. The number of hydrogen-bond acceptors (Lipinski definition) is 5. The van der Waals surface area contributed by atoms with Crippen LogP contribution in [0.25, 0.3) is 0 Å². The summed E-state index contributed by atoms with van der Waals surface area (Å²) in [5.74, 6) is 0.354. The Kier molecular flexibility index (Phi) is 7.51. The minimum absolute atomic E-state index is 0.132. The van der Waals surface area contributed by atoms with Gasteiger partial charge in [-0.1, -0.05) is 35.5 Å². The lowest BCUT2D eigenvalue weighted by molar-refractivity contribution is -0.113. The molecule has 2 aromatic carbocycles. The van der Waals surface area contributed by atoms with Gasteiger partial charge in [0.25, 0.3) is 5.91 Å². The van der Waals surface area contributed by atoms with Crippen molar-refractivity contribution in [3.63, 3.8) is 0 Å². The molecule has 2 amide bonds. The van der Waals surface area contributed by atoms with Crippen LogP contribution < -0.4 is 10.6 Å². The number of carbonyl (C=O) groups excluding carboxylic acids is 2. The van der Waals surface area contributed by atoms with E-state index in [1.165, 1.54) is 11.8 Å². The Hall–Kier alpha value is -2.11. The third-order valence-corrected chi connectivity index (χ3v) is 5.98. The van der Waals surface area contributed by atoms with E-state index in [0.717, 1.165) is 9.26 Å². The van der Waals surface area contributed by atoms with Crippen molar-refractivity contribution in [1.82, 2.24) is 20.1 Å². The smallest absolute Gasteiger partial charge is 0.253 e. The van der Waals surface area contributed by atoms with Crippen molar-refractivity contribution in [3.8, 4) is 0 Å². The van der Waals surface area contributed by atoms with Crippen molar-refractivity contribution in [2.45, 2.75) is 11.7 Å². The predicted molar refractivity (Wildman–Crippen MR) is 122 cm³/mol. The highest BCUT2D eigenvalue weighted by molar-refractivity contribution is 14.1. The van der Waals surface area contributed by atoms with Gasteiger partial charge in [-0.05, 0) is 59.0 Å². The fraction of sp³-hybridized carbons (Fsp3) is 0.158. The van der Waals surface area contributed by atoms with Gasteiger partial charge in [0.05, 0.1) is 22.9 Å². The van der Waals surface area contributed by atoms with Crippen LogP contribution in [0.1, 0.15) is 16.2 Å². The summed E-state index contributed by atoms with van der Waals surface area (Å²) in [6, 6.07) is 14.4. The molecule has 1 heterocycles. The third-order valence-electron chi connectivity index (χ3n) is 3.91. The number of thioether (sulfide) groups is 1. The Morgan fingerprint density at radius 1 is 1.14 bits per heavy atom. The Morgan fingerprint density at radius 3 is 2.59 bits per heavy atom. The zero-order valence-electron chi connectivity index (χ0n) is 15.4. The molecule has 0 spiro atoms. The van der Waals surface area contributed by atoms with Gasteiger partial charge in [0.1, 0.15) is 0 Å². The number of halogens is 2. The standard InChI is InChI=1S/C19H17ClIN5O2S/c1-26-16(10-22-18(28)14-4-2-3-5-15(14)20)24-25-19(26)29-11-17(27)23-13-8-6-12(21)7-9-13/h2-9H,10-11H2,1H3,(H,22,28)(H,23,27). The Labute approximate surface area is 190 Å². The van der Waals surface area contributed by atoms with Gasteiger partial charge < -0.3 is 15.2 Å². The van der Waals surface area contributed by atoms with Crippen LogP contribution in [0.4, 0.5) is 5.69 Å². The van der Waals surface area contributed by atoms with Gasteiger partial charge in [0.15, 0.2) is 11.0 Å². The van der Waals surface area contributed by atoms with Gasteiger partial charge in [0.2, 0.25) is 5.91 Å². The first kappa shape index (κ1) is 21.6. The number of hydrogen-bond donors (Lipinski definition) is 2. The van der Waals surface area contributed by atoms with Crippen LogP contribution in [0.2, 0.25) is 5.02 Å². The summed E-state index contributed by atoms with van der Waals surface area (Å²) < 4.78 is 2.85. The molecule has 7 nitrogen and oxygen atoms in total. The SMILES string of the molecule is Cn1c(CNC(=O)c2ccccc2Cl)nnc1SCC(=O)Nc1ccc(I)cc1. The fourth-order valence-electron chi connectivity index (χ4n) is 2.38. The summed E-state index contributed by atoms with van der Waals surface area (Å²) in [7, 11) is 1.79. The highest BCUT2D eigenvalue weighted by Crippen LogP contribution is 2.18. The van der Waals surface area contributed by atoms with Crippen molar-refractivity contribution >= 4 is 63.5 Å². The summed E-state index contributed by atoms with van der Waals surface area (Å²) in [4.78, 5) is 24.4. The number of nitrogens with zero attached hydrogens (tertiary/aromatic N) is 3. The molecule has 0 atom stereocenters. The molecule has 0 aliphatic carbocycles. The monoisotopic (exact) mass is 541 g/mol. The molecule has 0 saturated heterocycles. The highest BCUT2D eigenvalue weighted by Gasteiger charge is 2.14. The maximum Gasteiger partial charge on any atom is 0.253 e. The largest absolute Gasteiger partial charge is 0.345 e. The molecule has 0 fully saturated rings. The van der Waals surface area contributed by atoms with E-state index in [-0.39, 0.29) is 24.1 Å². The molecule has 3 rings (SSSR count). The van der Waals surface area contributed by atoms with Crippen LogP contribution in [-0.4, -0.2) is 32.3 Å². The molecule has 0 bridgehead atoms. The van der Waals surface area contributed by atoms with E-state index < -0.39 is 0 Å². The first-order valence-corrected chi connectivity index (χ1v) is 11.0. The first-order valence-electron chi connectivity index (χ1n) is 8.53. The molecule has 2 N–H and O–H groups in total. The van der Waals surface area contributed by atoms with Gasteiger partial charge >= 0.3 is 0 Å². The summed E-state index contributed by atoms with van der Waals surface area (Å²) in [5.41, 5.74) is 1.15. The second-order valence-corrected chi connectivity index (χ2v) is 8.56. The topological polar surface area (TPSA) is 88.9 Å². The lowest BCUT2D eigenvalue weighted by Gasteiger charge is -2.07. The zero-order valence-corrected chi connectivity index (χ0v) is 19.1. The minimum Gasteiger partial charge on any atom is -0.345 e. The summed E-state index contributed by atoms with van der Waals surface area (Å²) in [6.45, 7) is 0.197. The van der Waals surface area contributed by atoms with Gasteiger partial charge in [-0.15, -0.1) is 10.2 Å². The molecule has 3 aromatic rings. The van der Waals surface area contributed by atoms with E-state index >= 15 is 0 Å². The second-order valence-electron chi connectivity index (χ2n) is 5.96. The predicted octanol–water partition coefficient (Wildman–Crippen LogP) is 3.73. The number of anilines is 1. The van der Waals surface area contributed by atoms with E-state index in [4.69, 9.17) is 11.6 Å². The Morgan fingerprint density at radius 2 is 1.86 bits per heavy atom. The van der Waals surface area contributed by atoms with E-state index in [2.05, 4.69) is 43.4 Å². The van der Waals surface area contributed by atoms with Crippen LogP contribution in [0, 0.1) is 3.57 Å². The molecule has 150 valence electrons. The third kappa shape index (κ3) is 5.94. The molecule has 0 saturated carbocycles. The number of amides is 2. The van der Waals surface area contributed by atoms with E-state index in [1.54, 1.807) is 35.9 Å². The summed E-state index contributed by atoms with van der Waals surface area (Å²) in [6.07, 6.45) is 0. The first-order chi connectivity index (χ1) is 13.9. The molecule has 1 aromatic heterocycles. The number of rotatable bonds is 7.